The molecule has 1 amide bonds. The Labute approximate surface area is 188 Å². The summed E-state index contributed by atoms with van der Waals surface area (Å²) in [6.45, 7) is 3.67. The molecular formula is C21H28FIN4O2. The van der Waals surface area contributed by atoms with Crippen LogP contribution in [0.1, 0.15) is 18.1 Å². The molecule has 0 aliphatic carbocycles. The highest BCUT2D eigenvalue weighted by atomic mass is 127. The number of carbonyl (C=O) groups excluding carboxylic acids is 1. The van der Waals surface area contributed by atoms with E-state index in [1.807, 2.05) is 37.3 Å². The molecule has 0 radical (unpaired) electrons. The summed E-state index contributed by atoms with van der Waals surface area (Å²) in [7, 11) is 1.61. The van der Waals surface area contributed by atoms with E-state index in [-0.39, 0.29) is 42.2 Å². The van der Waals surface area contributed by atoms with Crippen molar-refractivity contribution in [2.75, 3.05) is 26.7 Å². The Morgan fingerprint density at radius 1 is 1.07 bits per heavy atom. The molecular weight excluding hydrogens is 486 g/mol. The van der Waals surface area contributed by atoms with Crippen LogP contribution in [0.4, 0.5) is 4.39 Å². The van der Waals surface area contributed by atoms with Crippen LogP contribution in [0.5, 0.6) is 5.75 Å². The summed E-state index contributed by atoms with van der Waals surface area (Å²) in [6, 6.07) is 14.0. The van der Waals surface area contributed by atoms with Crippen LogP contribution in [0.15, 0.2) is 53.5 Å². The minimum absolute atomic E-state index is 0. The zero-order chi connectivity index (χ0) is 20.2. The molecule has 0 unspecified atom stereocenters. The lowest BCUT2D eigenvalue weighted by Gasteiger charge is -2.11. The molecule has 0 aliphatic rings. The summed E-state index contributed by atoms with van der Waals surface area (Å²) >= 11 is 0. The van der Waals surface area contributed by atoms with Gasteiger partial charge in [-0.2, -0.15) is 0 Å². The first kappa shape index (κ1) is 24.7. The average molecular weight is 514 g/mol. The first-order valence-corrected chi connectivity index (χ1v) is 9.27. The van der Waals surface area contributed by atoms with E-state index in [0.717, 1.165) is 16.9 Å². The fourth-order valence-electron chi connectivity index (χ4n) is 2.51. The first-order chi connectivity index (χ1) is 13.6. The largest absolute Gasteiger partial charge is 0.497 e. The molecule has 0 bridgehead atoms. The maximum Gasteiger partial charge on any atom is 0.242 e. The monoisotopic (exact) mass is 514 g/mol. The number of hydrogen-bond donors (Lipinski definition) is 3. The van der Waals surface area contributed by atoms with E-state index < -0.39 is 0 Å². The number of halogens is 2. The maximum atomic E-state index is 13.2. The summed E-state index contributed by atoms with van der Waals surface area (Å²) in [5, 5.41) is 9.08. The molecule has 8 heteroatoms. The van der Waals surface area contributed by atoms with Gasteiger partial charge in [-0.05, 0) is 48.7 Å². The van der Waals surface area contributed by atoms with Crippen molar-refractivity contribution in [1.82, 2.24) is 16.0 Å². The minimum Gasteiger partial charge on any atom is -0.497 e. The zero-order valence-corrected chi connectivity index (χ0v) is 19.0. The Balaban J connectivity index is 0.00000420. The SMILES string of the molecule is CCNC(=NCC(=O)NCc1ccc(OC)cc1)NCCc1cccc(F)c1.I. The molecule has 0 aliphatic heterocycles. The number of amides is 1. The Hall–Kier alpha value is -2.36. The fraction of sp³-hybridized carbons (Fsp3) is 0.333. The molecule has 158 valence electrons. The highest BCUT2D eigenvalue weighted by Gasteiger charge is 2.03. The summed E-state index contributed by atoms with van der Waals surface area (Å²) in [5.74, 6) is 0.919. The van der Waals surface area contributed by atoms with Gasteiger partial charge >= 0.3 is 0 Å². The molecule has 29 heavy (non-hydrogen) atoms. The average Bonchev–Trinajstić information content (AvgIpc) is 2.71. The van der Waals surface area contributed by atoms with E-state index >= 15 is 0 Å². The Kier molecular flexibility index (Phi) is 11.7. The molecule has 0 saturated carbocycles. The number of aliphatic imine (C=N–C) groups is 1. The summed E-state index contributed by atoms with van der Waals surface area (Å²) < 4.78 is 18.3. The third kappa shape index (κ3) is 9.60. The second-order valence-electron chi connectivity index (χ2n) is 6.13. The van der Waals surface area contributed by atoms with Gasteiger partial charge in [0, 0.05) is 19.6 Å². The van der Waals surface area contributed by atoms with Crippen molar-refractivity contribution in [1.29, 1.82) is 0 Å². The molecule has 0 spiro atoms. The molecule has 6 nitrogen and oxygen atoms in total. The number of hydrogen-bond acceptors (Lipinski definition) is 3. The van der Waals surface area contributed by atoms with E-state index in [2.05, 4.69) is 20.9 Å². The van der Waals surface area contributed by atoms with E-state index in [4.69, 9.17) is 4.74 Å². The fourth-order valence-corrected chi connectivity index (χ4v) is 2.51. The third-order valence-corrected chi connectivity index (χ3v) is 3.97. The Morgan fingerprint density at radius 2 is 1.83 bits per heavy atom. The zero-order valence-electron chi connectivity index (χ0n) is 16.7. The molecule has 2 rings (SSSR count). The highest BCUT2D eigenvalue weighted by Crippen LogP contribution is 2.10. The lowest BCUT2D eigenvalue weighted by Crippen LogP contribution is -2.39. The number of ether oxygens (including phenoxy) is 1. The number of benzene rings is 2. The predicted molar refractivity (Wildman–Crippen MR) is 124 cm³/mol. The second kappa shape index (κ2) is 13.8. The van der Waals surface area contributed by atoms with Crippen LogP contribution in [0, 0.1) is 5.82 Å². The van der Waals surface area contributed by atoms with E-state index in [0.29, 0.717) is 32.0 Å². The molecule has 2 aromatic rings. The van der Waals surface area contributed by atoms with Crippen molar-refractivity contribution in [3.8, 4) is 5.75 Å². The molecule has 0 saturated heterocycles. The third-order valence-electron chi connectivity index (χ3n) is 3.97. The molecule has 0 heterocycles. The quantitative estimate of drug-likeness (QED) is 0.274. The molecule has 2 aromatic carbocycles. The molecule has 0 fully saturated rings. The van der Waals surface area contributed by atoms with Crippen molar-refractivity contribution >= 4 is 35.8 Å². The minimum atomic E-state index is -0.244. The Morgan fingerprint density at radius 3 is 2.48 bits per heavy atom. The number of rotatable bonds is 9. The van der Waals surface area contributed by atoms with Crippen LogP contribution in [0.3, 0.4) is 0 Å². The smallest absolute Gasteiger partial charge is 0.242 e. The number of methoxy groups -OCH3 is 1. The van der Waals surface area contributed by atoms with E-state index in [1.54, 1.807) is 13.2 Å². The van der Waals surface area contributed by atoms with Crippen LogP contribution in [-0.4, -0.2) is 38.6 Å². The van der Waals surface area contributed by atoms with Gasteiger partial charge in [0.25, 0.3) is 0 Å². The van der Waals surface area contributed by atoms with E-state index in [9.17, 15) is 9.18 Å². The Bertz CT molecular complexity index is 785. The van der Waals surface area contributed by atoms with Crippen molar-refractivity contribution < 1.29 is 13.9 Å². The van der Waals surface area contributed by atoms with Gasteiger partial charge in [-0.15, -0.1) is 24.0 Å². The van der Waals surface area contributed by atoms with Crippen molar-refractivity contribution in [3.05, 3.63) is 65.5 Å². The molecule has 0 aromatic heterocycles. The summed E-state index contributed by atoms with van der Waals surface area (Å²) in [6.07, 6.45) is 0.659. The van der Waals surface area contributed by atoms with Crippen LogP contribution in [0.2, 0.25) is 0 Å². The molecule has 0 atom stereocenters. The number of nitrogens with one attached hydrogen (secondary N) is 3. The summed E-state index contributed by atoms with van der Waals surface area (Å²) in [5.41, 5.74) is 1.89. The van der Waals surface area contributed by atoms with Crippen LogP contribution < -0.4 is 20.7 Å². The van der Waals surface area contributed by atoms with Crippen LogP contribution >= 0.6 is 24.0 Å². The number of carbonyl (C=O) groups is 1. The predicted octanol–water partition coefficient (Wildman–Crippen LogP) is 2.87. The number of nitrogens with zero attached hydrogens (tertiary/aromatic N) is 1. The van der Waals surface area contributed by atoms with Gasteiger partial charge in [0.05, 0.1) is 7.11 Å². The highest BCUT2D eigenvalue weighted by molar-refractivity contribution is 14.0. The van der Waals surface area contributed by atoms with E-state index in [1.165, 1.54) is 12.1 Å². The van der Waals surface area contributed by atoms with Crippen LogP contribution in [-0.2, 0) is 17.8 Å². The molecule has 3 N–H and O–H groups in total. The normalized spacial score (nSPS) is 10.7. The summed E-state index contributed by atoms with van der Waals surface area (Å²) in [4.78, 5) is 16.3. The topological polar surface area (TPSA) is 74.8 Å². The van der Waals surface area contributed by atoms with Gasteiger partial charge in [-0.1, -0.05) is 24.3 Å². The number of guanidine groups is 1. The van der Waals surface area contributed by atoms with Crippen molar-refractivity contribution in [2.24, 2.45) is 4.99 Å². The lowest BCUT2D eigenvalue weighted by atomic mass is 10.1. The van der Waals surface area contributed by atoms with Gasteiger partial charge in [-0.25, -0.2) is 9.38 Å². The standard InChI is InChI=1S/C21H27FN4O2.HI/c1-3-23-21(24-12-11-16-5-4-6-18(22)13-16)26-15-20(27)25-14-17-7-9-19(28-2)10-8-17;/h4-10,13H,3,11-12,14-15H2,1-2H3,(H,25,27)(H2,23,24,26);1H. The van der Waals surface area contributed by atoms with Gasteiger partial charge in [-0.3, -0.25) is 4.79 Å². The maximum absolute atomic E-state index is 13.2. The van der Waals surface area contributed by atoms with Crippen LogP contribution in [0.25, 0.3) is 0 Å². The van der Waals surface area contributed by atoms with Crippen molar-refractivity contribution in [2.45, 2.75) is 19.9 Å². The second-order valence-corrected chi connectivity index (χ2v) is 6.13. The van der Waals surface area contributed by atoms with Gasteiger partial charge in [0.15, 0.2) is 5.96 Å². The van der Waals surface area contributed by atoms with Gasteiger partial charge < -0.3 is 20.7 Å². The van der Waals surface area contributed by atoms with Gasteiger partial charge in [0.1, 0.15) is 18.1 Å². The first-order valence-electron chi connectivity index (χ1n) is 9.27. The lowest BCUT2D eigenvalue weighted by molar-refractivity contribution is -0.119. The van der Waals surface area contributed by atoms with Crippen molar-refractivity contribution in [3.63, 3.8) is 0 Å². The van der Waals surface area contributed by atoms with Gasteiger partial charge in [0.2, 0.25) is 5.91 Å².